The molecule has 2 aromatic rings. The second kappa shape index (κ2) is 4.37. The van der Waals surface area contributed by atoms with Crippen LogP contribution in [0, 0.1) is 0 Å². The quantitative estimate of drug-likeness (QED) is 0.861. The molecule has 1 atom stereocenters. The van der Waals surface area contributed by atoms with Gasteiger partial charge in [0.2, 0.25) is 0 Å². The maximum absolute atomic E-state index is 5.47. The molecule has 0 aliphatic carbocycles. The van der Waals surface area contributed by atoms with Crippen molar-refractivity contribution in [2.45, 2.75) is 18.9 Å². The number of benzene rings is 1. The molecule has 1 aromatic heterocycles. The summed E-state index contributed by atoms with van der Waals surface area (Å²) >= 11 is 0. The SMILES string of the molecule is CO[C@@H]1CCCN(c2cccc3[nH]cnc23)C1. The van der Waals surface area contributed by atoms with E-state index in [0.717, 1.165) is 30.5 Å². The summed E-state index contributed by atoms with van der Waals surface area (Å²) in [5.41, 5.74) is 3.37. The Bertz CT molecular complexity index is 508. The van der Waals surface area contributed by atoms with Crippen molar-refractivity contribution in [2.75, 3.05) is 25.1 Å². The highest BCUT2D eigenvalue weighted by atomic mass is 16.5. The number of aromatic nitrogens is 2. The number of piperidine rings is 1. The van der Waals surface area contributed by atoms with Crippen LogP contribution in [-0.2, 0) is 4.74 Å². The molecule has 0 unspecified atom stereocenters. The van der Waals surface area contributed by atoms with E-state index in [1.54, 1.807) is 13.4 Å². The van der Waals surface area contributed by atoms with E-state index in [-0.39, 0.29) is 0 Å². The normalized spacial score (nSPS) is 21.0. The maximum atomic E-state index is 5.47. The third-order valence-corrected chi connectivity index (χ3v) is 3.48. The molecule has 3 rings (SSSR count). The summed E-state index contributed by atoms with van der Waals surface area (Å²) < 4.78 is 5.47. The number of aromatic amines is 1. The summed E-state index contributed by atoms with van der Waals surface area (Å²) in [4.78, 5) is 9.94. The number of para-hydroxylation sites is 1. The van der Waals surface area contributed by atoms with Gasteiger partial charge in [-0.3, -0.25) is 0 Å². The molecule has 17 heavy (non-hydrogen) atoms. The van der Waals surface area contributed by atoms with Gasteiger partial charge in [-0.15, -0.1) is 0 Å². The first kappa shape index (κ1) is 10.6. The van der Waals surface area contributed by atoms with Crippen LogP contribution in [0.4, 0.5) is 5.69 Å². The van der Waals surface area contributed by atoms with Crippen molar-refractivity contribution in [3.63, 3.8) is 0 Å². The number of anilines is 1. The molecule has 0 bridgehead atoms. The van der Waals surface area contributed by atoms with Crippen molar-refractivity contribution in [1.82, 2.24) is 9.97 Å². The largest absolute Gasteiger partial charge is 0.380 e. The monoisotopic (exact) mass is 231 g/mol. The van der Waals surface area contributed by atoms with Crippen molar-refractivity contribution in [3.8, 4) is 0 Å². The molecule has 0 spiro atoms. The number of hydrogen-bond donors (Lipinski definition) is 1. The smallest absolute Gasteiger partial charge is 0.112 e. The summed E-state index contributed by atoms with van der Waals surface area (Å²) in [5, 5.41) is 0. The standard InChI is InChI=1S/C13H17N3O/c1-17-10-4-3-7-16(8-10)12-6-2-5-11-13(12)15-9-14-11/h2,5-6,9-10H,3-4,7-8H2,1H3,(H,14,15)/t10-/m1/s1. The van der Waals surface area contributed by atoms with Gasteiger partial charge >= 0.3 is 0 Å². The average molecular weight is 231 g/mol. The summed E-state index contributed by atoms with van der Waals surface area (Å²) in [5.74, 6) is 0. The predicted octanol–water partition coefficient (Wildman–Crippen LogP) is 2.18. The summed E-state index contributed by atoms with van der Waals surface area (Å²) in [6.45, 7) is 2.05. The van der Waals surface area contributed by atoms with Crippen LogP contribution in [-0.4, -0.2) is 36.3 Å². The summed E-state index contributed by atoms with van der Waals surface area (Å²) in [6.07, 6.45) is 4.44. The highest BCUT2D eigenvalue weighted by Gasteiger charge is 2.21. The molecule has 1 fully saturated rings. The third-order valence-electron chi connectivity index (χ3n) is 3.48. The third kappa shape index (κ3) is 1.89. The van der Waals surface area contributed by atoms with Crippen molar-refractivity contribution in [2.24, 2.45) is 0 Å². The number of hydrogen-bond acceptors (Lipinski definition) is 3. The highest BCUT2D eigenvalue weighted by molar-refractivity contribution is 5.88. The van der Waals surface area contributed by atoms with Gasteiger partial charge < -0.3 is 14.6 Å². The zero-order chi connectivity index (χ0) is 11.7. The molecule has 0 radical (unpaired) electrons. The number of fused-ring (bicyclic) bond motifs is 1. The fourth-order valence-corrected chi connectivity index (χ4v) is 2.55. The molecule has 2 heterocycles. The van der Waals surface area contributed by atoms with Gasteiger partial charge in [0.1, 0.15) is 5.52 Å². The van der Waals surface area contributed by atoms with Crippen LogP contribution < -0.4 is 4.90 Å². The number of H-pyrrole nitrogens is 1. The van der Waals surface area contributed by atoms with Crippen molar-refractivity contribution >= 4 is 16.7 Å². The van der Waals surface area contributed by atoms with Crippen LogP contribution in [0.25, 0.3) is 11.0 Å². The van der Waals surface area contributed by atoms with Gasteiger partial charge in [0.15, 0.2) is 0 Å². The number of imidazole rings is 1. The molecule has 0 saturated carbocycles. The van der Waals surface area contributed by atoms with E-state index in [0.29, 0.717) is 6.10 Å². The molecular formula is C13H17N3O. The maximum Gasteiger partial charge on any atom is 0.112 e. The summed E-state index contributed by atoms with van der Waals surface area (Å²) in [7, 11) is 1.79. The van der Waals surface area contributed by atoms with E-state index in [1.807, 2.05) is 0 Å². The lowest BCUT2D eigenvalue weighted by molar-refractivity contribution is 0.0894. The molecule has 1 saturated heterocycles. The average Bonchev–Trinajstić information content (AvgIpc) is 2.87. The Morgan fingerprint density at radius 2 is 2.41 bits per heavy atom. The van der Waals surface area contributed by atoms with Gasteiger partial charge in [-0.25, -0.2) is 4.98 Å². The van der Waals surface area contributed by atoms with Crippen LogP contribution in [0.1, 0.15) is 12.8 Å². The van der Waals surface area contributed by atoms with Crippen LogP contribution in [0.2, 0.25) is 0 Å². The van der Waals surface area contributed by atoms with E-state index in [4.69, 9.17) is 4.74 Å². The molecule has 4 nitrogen and oxygen atoms in total. The zero-order valence-corrected chi connectivity index (χ0v) is 10.0. The lowest BCUT2D eigenvalue weighted by Gasteiger charge is -2.33. The Labute approximate surface area is 101 Å². The topological polar surface area (TPSA) is 41.1 Å². The first-order valence-electron chi connectivity index (χ1n) is 6.08. The number of methoxy groups -OCH3 is 1. The molecule has 1 aromatic carbocycles. The van der Waals surface area contributed by atoms with Gasteiger partial charge in [-0.05, 0) is 25.0 Å². The van der Waals surface area contributed by atoms with E-state index in [1.165, 1.54) is 12.1 Å². The second-order valence-electron chi connectivity index (χ2n) is 4.52. The Kier molecular flexibility index (Phi) is 2.73. The van der Waals surface area contributed by atoms with Gasteiger partial charge in [-0.2, -0.15) is 0 Å². The lowest BCUT2D eigenvalue weighted by atomic mass is 10.1. The van der Waals surface area contributed by atoms with E-state index in [9.17, 15) is 0 Å². The lowest BCUT2D eigenvalue weighted by Crippen LogP contribution is -2.39. The Balaban J connectivity index is 1.94. The minimum Gasteiger partial charge on any atom is -0.380 e. The van der Waals surface area contributed by atoms with Gasteiger partial charge in [0.25, 0.3) is 0 Å². The molecule has 0 amide bonds. The van der Waals surface area contributed by atoms with E-state index >= 15 is 0 Å². The minimum atomic E-state index is 0.345. The number of nitrogens with zero attached hydrogens (tertiary/aromatic N) is 2. The molecular weight excluding hydrogens is 214 g/mol. The van der Waals surface area contributed by atoms with Crippen LogP contribution in [0.5, 0.6) is 0 Å². The molecule has 1 aliphatic rings. The summed E-state index contributed by atoms with van der Waals surface area (Å²) in [6, 6.07) is 6.27. The highest BCUT2D eigenvalue weighted by Crippen LogP contribution is 2.27. The van der Waals surface area contributed by atoms with Crippen LogP contribution in [0.3, 0.4) is 0 Å². The molecule has 90 valence electrons. The second-order valence-corrected chi connectivity index (χ2v) is 4.52. The first-order valence-corrected chi connectivity index (χ1v) is 6.08. The first-order chi connectivity index (χ1) is 8.38. The molecule has 4 heteroatoms. The fraction of sp³-hybridized carbons (Fsp3) is 0.462. The van der Waals surface area contributed by atoms with Crippen molar-refractivity contribution in [1.29, 1.82) is 0 Å². The van der Waals surface area contributed by atoms with E-state index < -0.39 is 0 Å². The fourth-order valence-electron chi connectivity index (χ4n) is 2.55. The molecule has 1 aliphatic heterocycles. The van der Waals surface area contributed by atoms with Gasteiger partial charge in [0, 0.05) is 20.2 Å². The zero-order valence-electron chi connectivity index (χ0n) is 10.0. The number of ether oxygens (including phenoxy) is 1. The Hall–Kier alpha value is -1.55. The van der Waals surface area contributed by atoms with Crippen molar-refractivity contribution in [3.05, 3.63) is 24.5 Å². The van der Waals surface area contributed by atoms with Crippen LogP contribution >= 0.6 is 0 Å². The predicted molar refractivity (Wildman–Crippen MR) is 68.3 cm³/mol. The Morgan fingerprint density at radius 3 is 3.29 bits per heavy atom. The Morgan fingerprint density at radius 1 is 1.47 bits per heavy atom. The number of rotatable bonds is 2. The molecule has 1 N–H and O–H groups in total. The van der Waals surface area contributed by atoms with Crippen LogP contribution in [0.15, 0.2) is 24.5 Å². The van der Waals surface area contributed by atoms with Gasteiger partial charge in [-0.1, -0.05) is 6.07 Å². The van der Waals surface area contributed by atoms with Crippen molar-refractivity contribution < 1.29 is 4.74 Å². The number of nitrogens with one attached hydrogen (secondary N) is 1. The minimum absolute atomic E-state index is 0.345. The van der Waals surface area contributed by atoms with Gasteiger partial charge in [0.05, 0.1) is 23.6 Å². The van der Waals surface area contributed by atoms with E-state index in [2.05, 4.69) is 33.1 Å².